The molecule has 1 saturated heterocycles. The molecule has 1 aliphatic carbocycles. The Balaban J connectivity index is 0.00000192. The van der Waals surface area contributed by atoms with Crippen molar-refractivity contribution in [2.75, 3.05) is 33.2 Å². The monoisotopic (exact) mass is 362 g/mol. The number of hydrogen-bond donors (Lipinski definition) is 1. The first-order valence-corrected chi connectivity index (χ1v) is 9.68. The summed E-state index contributed by atoms with van der Waals surface area (Å²) in [5, 5.41) is 2.90. The quantitative estimate of drug-likeness (QED) is 0.910. The van der Waals surface area contributed by atoms with Gasteiger partial charge in [0.1, 0.15) is 0 Å². The summed E-state index contributed by atoms with van der Waals surface area (Å²) in [5.74, 6) is 0.0356. The topological polar surface area (TPSA) is 48.5 Å². The van der Waals surface area contributed by atoms with Crippen molar-refractivity contribution in [3.05, 3.63) is 70.0 Å². The summed E-state index contributed by atoms with van der Waals surface area (Å²) >= 11 is 0. The lowest BCUT2D eigenvalue weighted by molar-refractivity contribution is 0.0966. The molecule has 27 heavy (non-hydrogen) atoms. The molecule has 1 N–H and O–H groups in total. The Hall–Kier alpha value is -2.50. The van der Waals surface area contributed by atoms with Gasteiger partial charge in [-0.2, -0.15) is 0 Å². The lowest BCUT2D eigenvalue weighted by Crippen LogP contribution is -2.43. The fraction of sp³-hybridized carbons (Fsp3) is 0.364. The van der Waals surface area contributed by atoms with Crippen LogP contribution in [0.25, 0.3) is 5.57 Å². The van der Waals surface area contributed by atoms with E-state index in [1.165, 1.54) is 22.3 Å². The molecular weight excluding hydrogens is 336 g/mol. The van der Waals surface area contributed by atoms with Crippen molar-refractivity contribution in [2.45, 2.75) is 19.5 Å². The van der Waals surface area contributed by atoms with Gasteiger partial charge < -0.3 is 10.2 Å². The van der Waals surface area contributed by atoms with E-state index < -0.39 is 0 Å². The maximum Gasteiger partial charge on any atom is 0.251 e. The third-order valence-corrected chi connectivity index (χ3v) is 5.92. The van der Waals surface area contributed by atoms with Crippen molar-refractivity contribution in [1.29, 1.82) is 0 Å². The Morgan fingerprint density at radius 2 is 2.00 bits per heavy atom. The van der Waals surface area contributed by atoms with Gasteiger partial charge >= 0.3 is 0 Å². The lowest BCUT2D eigenvalue weighted by atomic mass is 9.96. The minimum absolute atomic E-state index is 0. The number of hydrogen-bond acceptors (Lipinski definition) is 4. The number of piperazine rings is 1. The molecule has 0 saturated carbocycles. The number of allylic oxidation sites excluding steroid dienone is 1. The highest BCUT2D eigenvalue weighted by atomic mass is 16.1. The first kappa shape index (κ1) is 16.7. The second-order valence-electron chi connectivity index (χ2n) is 7.79. The Labute approximate surface area is 161 Å². The number of nitrogens with one attached hydrogen (secondary N) is 1. The van der Waals surface area contributed by atoms with Crippen LogP contribution in [0, 0.1) is 0 Å². The molecule has 0 unspecified atom stereocenters. The molecule has 0 spiro atoms. The van der Waals surface area contributed by atoms with Crippen molar-refractivity contribution < 1.29 is 6.22 Å². The maximum absolute atomic E-state index is 11.8. The lowest BCUT2D eigenvalue weighted by Gasteiger charge is -2.32. The highest BCUT2D eigenvalue weighted by Gasteiger charge is 2.23. The minimum atomic E-state index is 0. The minimum Gasteiger partial charge on any atom is -0.348 e. The average Bonchev–Trinajstić information content (AvgIpc) is 3.27. The summed E-state index contributed by atoms with van der Waals surface area (Å²) in [5.41, 5.74) is 8.01. The number of fused-ring (bicyclic) bond motifs is 2. The van der Waals surface area contributed by atoms with Gasteiger partial charge in [-0.1, -0.05) is 12.1 Å². The van der Waals surface area contributed by atoms with Crippen LogP contribution in [0.1, 0.15) is 39.7 Å². The Morgan fingerprint density at radius 3 is 2.85 bits per heavy atom. The molecule has 5 nitrogen and oxygen atoms in total. The smallest absolute Gasteiger partial charge is 0.251 e. The molecule has 3 heterocycles. The van der Waals surface area contributed by atoms with Crippen LogP contribution >= 0.6 is 0 Å². The molecule has 1 aromatic carbocycles. The molecule has 0 bridgehead atoms. The summed E-state index contributed by atoms with van der Waals surface area (Å²) in [4.78, 5) is 21.4. The zero-order valence-electron chi connectivity index (χ0n) is 15.7. The zero-order valence-corrected chi connectivity index (χ0v) is 15.7. The molecule has 1 amide bonds. The number of nitrogens with zero attached hydrogens (tertiary/aromatic N) is 3. The molecule has 1 fully saturated rings. The van der Waals surface area contributed by atoms with Gasteiger partial charge in [-0.15, -0.1) is 0 Å². The first-order chi connectivity index (χ1) is 13.2. The van der Waals surface area contributed by atoms with Gasteiger partial charge in [-0.3, -0.25) is 14.7 Å². The van der Waals surface area contributed by atoms with Crippen LogP contribution in [-0.2, 0) is 19.5 Å². The van der Waals surface area contributed by atoms with Gasteiger partial charge in [0.2, 0.25) is 0 Å². The summed E-state index contributed by atoms with van der Waals surface area (Å²) in [7, 11) is 2.19. The summed E-state index contributed by atoms with van der Waals surface area (Å²) in [6, 6.07) is 8.49. The zero-order chi connectivity index (χ0) is 18.4. The van der Waals surface area contributed by atoms with Gasteiger partial charge in [0.05, 0.1) is 5.69 Å². The van der Waals surface area contributed by atoms with E-state index in [0.717, 1.165) is 56.0 Å². The SMILES string of the molecule is CN1CCN(Cc2cnc3c(c2)C(c2ccc4c(c2)CNC4=O)=CC3)CC1.[HH]. The van der Waals surface area contributed by atoms with Gasteiger partial charge in [0.25, 0.3) is 5.91 Å². The van der Waals surface area contributed by atoms with E-state index in [1.807, 2.05) is 12.3 Å². The van der Waals surface area contributed by atoms with Crippen LogP contribution < -0.4 is 5.32 Å². The molecule has 5 rings (SSSR count). The van der Waals surface area contributed by atoms with E-state index in [9.17, 15) is 4.79 Å². The van der Waals surface area contributed by atoms with E-state index >= 15 is 0 Å². The molecular formula is C22H26N4O. The van der Waals surface area contributed by atoms with E-state index in [0.29, 0.717) is 6.54 Å². The number of pyridine rings is 1. The molecule has 5 heteroatoms. The predicted molar refractivity (Wildman–Crippen MR) is 108 cm³/mol. The fourth-order valence-corrected chi connectivity index (χ4v) is 4.26. The second kappa shape index (κ2) is 6.59. The van der Waals surface area contributed by atoms with E-state index in [2.05, 4.69) is 46.4 Å². The number of carbonyl (C=O) groups is 1. The van der Waals surface area contributed by atoms with Crippen molar-refractivity contribution in [1.82, 2.24) is 20.1 Å². The molecule has 0 atom stereocenters. The Bertz CT molecular complexity index is 948. The number of benzene rings is 1. The molecule has 2 aromatic rings. The fourth-order valence-electron chi connectivity index (χ4n) is 4.26. The average molecular weight is 362 g/mol. The van der Waals surface area contributed by atoms with E-state index in [4.69, 9.17) is 4.98 Å². The molecule has 3 aliphatic rings. The second-order valence-corrected chi connectivity index (χ2v) is 7.79. The van der Waals surface area contributed by atoms with Crippen molar-refractivity contribution in [3.63, 3.8) is 0 Å². The van der Waals surface area contributed by atoms with Crippen molar-refractivity contribution in [3.8, 4) is 0 Å². The third kappa shape index (κ3) is 3.07. The van der Waals surface area contributed by atoms with Gasteiger partial charge in [-0.05, 0) is 47.5 Å². The summed E-state index contributed by atoms with van der Waals surface area (Å²) in [6.45, 7) is 6.08. The predicted octanol–water partition coefficient (Wildman–Crippen LogP) is 2.31. The van der Waals surface area contributed by atoms with Gasteiger partial charge in [0, 0.05) is 64.4 Å². The van der Waals surface area contributed by atoms with E-state index in [-0.39, 0.29) is 7.33 Å². The Kier molecular flexibility index (Phi) is 4.06. The summed E-state index contributed by atoms with van der Waals surface area (Å²) < 4.78 is 0. The largest absolute Gasteiger partial charge is 0.348 e. The van der Waals surface area contributed by atoms with Crippen LogP contribution in [0.5, 0.6) is 0 Å². The molecule has 0 radical (unpaired) electrons. The van der Waals surface area contributed by atoms with Crippen LogP contribution in [-0.4, -0.2) is 53.9 Å². The third-order valence-electron chi connectivity index (χ3n) is 5.92. The number of amides is 1. The van der Waals surface area contributed by atoms with E-state index in [1.54, 1.807) is 0 Å². The van der Waals surface area contributed by atoms with Gasteiger partial charge in [-0.25, -0.2) is 0 Å². The molecule has 140 valence electrons. The van der Waals surface area contributed by atoms with Gasteiger partial charge in [0.15, 0.2) is 0 Å². The maximum atomic E-state index is 11.8. The Morgan fingerprint density at radius 1 is 1.15 bits per heavy atom. The van der Waals surface area contributed by atoms with Crippen LogP contribution in [0.2, 0.25) is 0 Å². The molecule has 1 aromatic heterocycles. The standard InChI is InChI=1S/C22H24N4O.H2/c1-25-6-8-26(9-7-25)14-15-10-20-18(4-5-21(20)23-12-15)16-2-3-19-17(11-16)13-24-22(19)27;/h2-4,10-12H,5-9,13-14H2,1H3,(H,24,27);1H. The van der Waals surface area contributed by atoms with Crippen LogP contribution in [0.4, 0.5) is 0 Å². The van der Waals surface area contributed by atoms with Crippen molar-refractivity contribution >= 4 is 11.5 Å². The highest BCUT2D eigenvalue weighted by molar-refractivity contribution is 5.99. The normalized spacial score (nSPS) is 19.6. The van der Waals surface area contributed by atoms with Crippen LogP contribution in [0.3, 0.4) is 0 Å². The number of aromatic nitrogens is 1. The van der Waals surface area contributed by atoms with Crippen LogP contribution in [0.15, 0.2) is 36.5 Å². The highest BCUT2D eigenvalue weighted by Crippen LogP contribution is 2.34. The molecule has 2 aliphatic heterocycles. The first-order valence-electron chi connectivity index (χ1n) is 9.68. The van der Waals surface area contributed by atoms with Crippen molar-refractivity contribution in [2.24, 2.45) is 0 Å². The number of rotatable bonds is 3. The number of likely N-dealkylation sites (N-methyl/N-ethyl adjacent to an activating group) is 1. The number of carbonyl (C=O) groups excluding carboxylic acids is 1. The summed E-state index contributed by atoms with van der Waals surface area (Å²) in [6.07, 6.45) is 5.19.